The van der Waals surface area contributed by atoms with E-state index in [2.05, 4.69) is 31.0 Å². The third-order valence-electron chi connectivity index (χ3n) is 3.33. The van der Waals surface area contributed by atoms with E-state index in [1.54, 1.807) is 0 Å². The SMILES string of the molecule is CC(C)c1ccccc1OCC(CN)c1ccc[nH]1. The minimum Gasteiger partial charge on any atom is -0.493 e. The Morgan fingerprint density at radius 3 is 2.58 bits per heavy atom. The van der Waals surface area contributed by atoms with Crippen molar-refractivity contribution in [2.24, 2.45) is 5.73 Å². The van der Waals surface area contributed by atoms with E-state index in [0.717, 1.165) is 11.4 Å². The topological polar surface area (TPSA) is 51.0 Å². The fraction of sp³-hybridized carbons (Fsp3) is 0.375. The second kappa shape index (κ2) is 6.43. The fourth-order valence-electron chi connectivity index (χ4n) is 2.16. The van der Waals surface area contributed by atoms with Crippen molar-refractivity contribution in [2.75, 3.05) is 13.2 Å². The van der Waals surface area contributed by atoms with E-state index in [1.165, 1.54) is 5.56 Å². The first-order valence-corrected chi connectivity index (χ1v) is 6.77. The maximum absolute atomic E-state index is 5.98. The maximum atomic E-state index is 5.98. The Kier molecular flexibility index (Phi) is 4.63. The maximum Gasteiger partial charge on any atom is 0.122 e. The highest BCUT2D eigenvalue weighted by Gasteiger charge is 2.13. The molecule has 3 nitrogen and oxygen atoms in total. The van der Waals surface area contributed by atoms with Gasteiger partial charge in [-0.15, -0.1) is 0 Å². The van der Waals surface area contributed by atoms with Crippen molar-refractivity contribution in [3.05, 3.63) is 53.9 Å². The summed E-state index contributed by atoms with van der Waals surface area (Å²) in [6.07, 6.45) is 1.92. The van der Waals surface area contributed by atoms with Crippen LogP contribution in [0.4, 0.5) is 0 Å². The monoisotopic (exact) mass is 258 g/mol. The lowest BCUT2D eigenvalue weighted by molar-refractivity contribution is 0.285. The Balaban J connectivity index is 2.06. The number of benzene rings is 1. The number of para-hydroxylation sites is 1. The molecule has 0 radical (unpaired) electrons. The third kappa shape index (κ3) is 3.38. The molecule has 1 unspecified atom stereocenters. The van der Waals surface area contributed by atoms with Crippen LogP contribution in [0.3, 0.4) is 0 Å². The number of H-pyrrole nitrogens is 1. The molecule has 0 fully saturated rings. The van der Waals surface area contributed by atoms with Crippen molar-refractivity contribution >= 4 is 0 Å². The normalized spacial score (nSPS) is 12.6. The molecule has 1 atom stereocenters. The predicted molar refractivity (Wildman–Crippen MR) is 78.6 cm³/mol. The second-order valence-corrected chi connectivity index (χ2v) is 5.06. The molecule has 1 aromatic heterocycles. The molecule has 0 aliphatic rings. The summed E-state index contributed by atoms with van der Waals surface area (Å²) in [5, 5.41) is 0. The standard InChI is InChI=1S/C16H22N2O/c1-12(2)14-6-3-4-8-16(14)19-11-13(10-17)15-7-5-9-18-15/h3-9,12-13,18H,10-11,17H2,1-2H3. The molecule has 0 aliphatic heterocycles. The third-order valence-corrected chi connectivity index (χ3v) is 3.33. The fourth-order valence-corrected chi connectivity index (χ4v) is 2.16. The van der Waals surface area contributed by atoms with E-state index in [1.807, 2.05) is 30.5 Å². The molecule has 3 N–H and O–H groups in total. The lowest BCUT2D eigenvalue weighted by atomic mass is 10.0. The molecule has 0 saturated heterocycles. The average Bonchev–Trinajstić information content (AvgIpc) is 2.94. The Hall–Kier alpha value is -1.74. The lowest BCUT2D eigenvalue weighted by Crippen LogP contribution is -2.20. The van der Waals surface area contributed by atoms with Crippen molar-refractivity contribution < 1.29 is 4.74 Å². The van der Waals surface area contributed by atoms with Gasteiger partial charge in [-0.25, -0.2) is 0 Å². The minimum atomic E-state index is 0.204. The van der Waals surface area contributed by atoms with Crippen LogP contribution in [0, 0.1) is 0 Å². The van der Waals surface area contributed by atoms with Crippen LogP contribution in [-0.2, 0) is 0 Å². The van der Waals surface area contributed by atoms with Crippen LogP contribution in [0.25, 0.3) is 0 Å². The first-order valence-electron chi connectivity index (χ1n) is 6.77. The van der Waals surface area contributed by atoms with E-state index in [4.69, 9.17) is 10.5 Å². The number of hydrogen-bond acceptors (Lipinski definition) is 2. The Morgan fingerprint density at radius 2 is 1.95 bits per heavy atom. The summed E-state index contributed by atoms with van der Waals surface area (Å²) < 4.78 is 5.98. The van der Waals surface area contributed by atoms with Crippen molar-refractivity contribution in [1.29, 1.82) is 0 Å². The van der Waals surface area contributed by atoms with Crippen LogP contribution in [0.1, 0.15) is 36.9 Å². The zero-order chi connectivity index (χ0) is 13.7. The molecule has 102 valence electrons. The highest BCUT2D eigenvalue weighted by Crippen LogP contribution is 2.27. The first kappa shape index (κ1) is 13.7. The number of rotatable bonds is 6. The number of aromatic nitrogens is 1. The second-order valence-electron chi connectivity index (χ2n) is 5.06. The molecule has 0 aliphatic carbocycles. The number of ether oxygens (including phenoxy) is 1. The van der Waals surface area contributed by atoms with Gasteiger partial charge in [0.25, 0.3) is 0 Å². The molecule has 2 aromatic rings. The van der Waals surface area contributed by atoms with Gasteiger partial charge in [-0.3, -0.25) is 0 Å². The molecular formula is C16H22N2O. The van der Waals surface area contributed by atoms with E-state index in [9.17, 15) is 0 Å². The van der Waals surface area contributed by atoms with Crippen LogP contribution in [-0.4, -0.2) is 18.1 Å². The van der Waals surface area contributed by atoms with Crippen molar-refractivity contribution in [2.45, 2.75) is 25.7 Å². The quantitative estimate of drug-likeness (QED) is 0.835. The van der Waals surface area contributed by atoms with Gasteiger partial charge in [-0.2, -0.15) is 0 Å². The number of nitrogens with one attached hydrogen (secondary N) is 1. The lowest BCUT2D eigenvalue weighted by Gasteiger charge is -2.18. The highest BCUT2D eigenvalue weighted by molar-refractivity contribution is 5.35. The van der Waals surface area contributed by atoms with Gasteiger partial charge in [0, 0.05) is 24.4 Å². The van der Waals surface area contributed by atoms with Gasteiger partial charge < -0.3 is 15.5 Å². The van der Waals surface area contributed by atoms with E-state index >= 15 is 0 Å². The van der Waals surface area contributed by atoms with Crippen molar-refractivity contribution in [3.8, 4) is 5.75 Å². The van der Waals surface area contributed by atoms with Crippen LogP contribution >= 0.6 is 0 Å². The number of hydrogen-bond donors (Lipinski definition) is 2. The molecule has 1 aromatic carbocycles. The van der Waals surface area contributed by atoms with Crippen LogP contribution in [0.2, 0.25) is 0 Å². The van der Waals surface area contributed by atoms with Crippen LogP contribution in [0.5, 0.6) is 5.75 Å². The van der Waals surface area contributed by atoms with Gasteiger partial charge in [0.2, 0.25) is 0 Å². The van der Waals surface area contributed by atoms with Crippen LogP contribution in [0.15, 0.2) is 42.6 Å². The summed E-state index contributed by atoms with van der Waals surface area (Å²) in [6, 6.07) is 12.2. The Bertz CT molecular complexity index is 491. The van der Waals surface area contributed by atoms with Crippen molar-refractivity contribution in [3.63, 3.8) is 0 Å². The van der Waals surface area contributed by atoms with Gasteiger partial charge in [-0.05, 0) is 29.7 Å². The zero-order valence-electron chi connectivity index (χ0n) is 11.6. The summed E-state index contributed by atoms with van der Waals surface area (Å²) in [5.74, 6) is 1.62. The van der Waals surface area contributed by atoms with Gasteiger partial charge in [0.1, 0.15) is 5.75 Å². The molecule has 0 saturated carbocycles. The van der Waals surface area contributed by atoms with E-state index in [0.29, 0.717) is 19.1 Å². The van der Waals surface area contributed by atoms with Crippen LogP contribution < -0.4 is 10.5 Å². The van der Waals surface area contributed by atoms with Crippen molar-refractivity contribution in [1.82, 2.24) is 4.98 Å². The first-order chi connectivity index (χ1) is 9.22. The van der Waals surface area contributed by atoms with Gasteiger partial charge in [-0.1, -0.05) is 32.0 Å². The van der Waals surface area contributed by atoms with Gasteiger partial charge >= 0.3 is 0 Å². The largest absolute Gasteiger partial charge is 0.493 e. The summed E-state index contributed by atoms with van der Waals surface area (Å²) in [5.41, 5.74) is 8.20. The highest BCUT2D eigenvalue weighted by atomic mass is 16.5. The molecule has 19 heavy (non-hydrogen) atoms. The summed E-state index contributed by atoms with van der Waals surface area (Å²) >= 11 is 0. The Morgan fingerprint density at radius 1 is 1.16 bits per heavy atom. The molecule has 1 heterocycles. The summed E-state index contributed by atoms with van der Waals surface area (Å²) in [4.78, 5) is 3.20. The van der Waals surface area contributed by atoms with Gasteiger partial charge in [0.15, 0.2) is 0 Å². The summed E-state index contributed by atoms with van der Waals surface area (Å²) in [7, 11) is 0. The molecule has 0 spiro atoms. The number of nitrogens with two attached hydrogens (primary N) is 1. The zero-order valence-corrected chi connectivity index (χ0v) is 11.6. The number of aromatic amines is 1. The van der Waals surface area contributed by atoms with E-state index in [-0.39, 0.29) is 5.92 Å². The molecular weight excluding hydrogens is 236 g/mol. The average molecular weight is 258 g/mol. The smallest absolute Gasteiger partial charge is 0.122 e. The minimum absolute atomic E-state index is 0.204. The summed E-state index contributed by atoms with van der Waals surface area (Å²) in [6.45, 7) is 5.52. The van der Waals surface area contributed by atoms with Gasteiger partial charge in [0.05, 0.1) is 6.61 Å². The van der Waals surface area contributed by atoms with E-state index < -0.39 is 0 Å². The molecule has 0 bridgehead atoms. The molecule has 2 rings (SSSR count). The Labute approximate surface area is 114 Å². The molecule has 0 amide bonds. The predicted octanol–water partition coefficient (Wildman–Crippen LogP) is 3.26. The molecule has 3 heteroatoms.